The van der Waals surface area contributed by atoms with Crippen molar-refractivity contribution >= 4 is 43.4 Å². The maximum Gasteiger partial charge on any atom is 0.164 e. The first-order chi connectivity index (χ1) is 25.8. The fourth-order valence-electron chi connectivity index (χ4n) is 7.00. The van der Waals surface area contributed by atoms with Gasteiger partial charge in [0, 0.05) is 33.0 Å². The van der Waals surface area contributed by atoms with Crippen LogP contribution in [0.3, 0.4) is 0 Å². The van der Waals surface area contributed by atoms with Gasteiger partial charge >= 0.3 is 0 Å². The second-order valence-corrected chi connectivity index (χ2v) is 13.7. The van der Waals surface area contributed by atoms with Gasteiger partial charge in [-0.3, -0.25) is 0 Å². The predicted molar refractivity (Wildman–Crippen MR) is 215 cm³/mol. The van der Waals surface area contributed by atoms with Crippen LogP contribution in [0.25, 0.3) is 93.6 Å². The smallest absolute Gasteiger partial charge is 0.164 e. The van der Waals surface area contributed by atoms with Crippen LogP contribution in [0.4, 0.5) is 0 Å². The van der Waals surface area contributed by atoms with Gasteiger partial charge in [-0.05, 0) is 53.6 Å². The Bertz CT molecular complexity index is 2810. The normalized spacial score (nSPS) is 11.5. The molecule has 6 heteroatoms. The molecule has 244 valence electrons. The fourth-order valence-corrected chi connectivity index (χ4v) is 7.99. The van der Waals surface area contributed by atoms with Gasteiger partial charge in [0.05, 0.1) is 26.9 Å². The summed E-state index contributed by atoms with van der Waals surface area (Å²) in [6.07, 6.45) is 0. The third-order valence-corrected chi connectivity index (χ3v) is 10.6. The summed E-state index contributed by atoms with van der Waals surface area (Å²) < 4.78 is 3.50. The zero-order chi connectivity index (χ0) is 34.4. The lowest BCUT2D eigenvalue weighted by atomic mass is 10.0. The average Bonchev–Trinajstić information content (AvgIpc) is 3.81. The van der Waals surface area contributed by atoms with Gasteiger partial charge in [0.15, 0.2) is 17.5 Å². The Hall–Kier alpha value is -6.76. The average molecular weight is 684 g/mol. The molecule has 0 atom stereocenters. The molecular formula is C46H29N5S. The van der Waals surface area contributed by atoms with E-state index in [4.69, 9.17) is 19.9 Å². The van der Waals surface area contributed by atoms with E-state index in [0.717, 1.165) is 59.8 Å². The van der Waals surface area contributed by atoms with Crippen molar-refractivity contribution in [3.63, 3.8) is 0 Å². The molecule has 0 aliphatic rings. The molecule has 0 bridgehead atoms. The van der Waals surface area contributed by atoms with Crippen LogP contribution in [0.2, 0.25) is 0 Å². The van der Waals surface area contributed by atoms with Crippen molar-refractivity contribution < 1.29 is 0 Å². The van der Waals surface area contributed by atoms with Crippen LogP contribution >= 0.6 is 11.3 Å². The highest BCUT2D eigenvalue weighted by atomic mass is 32.1. The second-order valence-electron chi connectivity index (χ2n) is 12.7. The quantitative estimate of drug-likeness (QED) is 0.175. The number of hydrogen-bond acceptors (Lipinski definition) is 5. The SMILES string of the molecule is c1ccc(-c2ccc(-c3nc(-c4ccccc4)nc(-c4ccc(-n5c6ccccc6c6ccccc65)c(-c5nc6ccccc6s5)c4)n3)cc2)cc1. The van der Waals surface area contributed by atoms with Crippen LogP contribution in [0.5, 0.6) is 0 Å². The third-order valence-electron chi connectivity index (χ3n) is 9.52. The molecule has 52 heavy (non-hydrogen) atoms. The Kier molecular flexibility index (Phi) is 7.25. The lowest BCUT2D eigenvalue weighted by Gasteiger charge is -2.15. The van der Waals surface area contributed by atoms with Crippen LogP contribution < -0.4 is 0 Å². The molecule has 0 radical (unpaired) electrons. The summed E-state index contributed by atoms with van der Waals surface area (Å²) in [4.78, 5) is 20.4. The van der Waals surface area contributed by atoms with Crippen molar-refractivity contribution in [2.24, 2.45) is 0 Å². The minimum atomic E-state index is 0.604. The molecule has 0 saturated heterocycles. The van der Waals surface area contributed by atoms with Gasteiger partial charge in [-0.25, -0.2) is 19.9 Å². The lowest BCUT2D eigenvalue weighted by Crippen LogP contribution is -2.02. The van der Waals surface area contributed by atoms with E-state index in [2.05, 4.69) is 138 Å². The van der Waals surface area contributed by atoms with Gasteiger partial charge in [-0.1, -0.05) is 133 Å². The van der Waals surface area contributed by atoms with Gasteiger partial charge in [-0.15, -0.1) is 11.3 Å². The molecule has 0 spiro atoms. The van der Waals surface area contributed by atoms with E-state index < -0.39 is 0 Å². The maximum absolute atomic E-state index is 5.16. The Morgan fingerprint density at radius 2 is 0.865 bits per heavy atom. The molecule has 0 unspecified atom stereocenters. The molecule has 10 rings (SSSR count). The van der Waals surface area contributed by atoms with Gasteiger partial charge in [0.2, 0.25) is 0 Å². The number of thiazole rings is 1. The highest BCUT2D eigenvalue weighted by Gasteiger charge is 2.20. The molecule has 3 heterocycles. The first-order valence-corrected chi connectivity index (χ1v) is 18.0. The number of aromatic nitrogens is 5. The van der Waals surface area contributed by atoms with Crippen LogP contribution in [-0.2, 0) is 0 Å². The predicted octanol–water partition coefficient (Wildman–Crippen LogP) is 11.9. The summed E-state index contributed by atoms with van der Waals surface area (Å²) in [5, 5.41) is 3.37. The number of hydrogen-bond donors (Lipinski definition) is 0. The van der Waals surface area contributed by atoms with Crippen molar-refractivity contribution in [1.29, 1.82) is 0 Å². The zero-order valence-electron chi connectivity index (χ0n) is 27.9. The number of fused-ring (bicyclic) bond motifs is 4. The molecule has 0 saturated carbocycles. The summed E-state index contributed by atoms with van der Waals surface area (Å²) in [6, 6.07) is 61.0. The van der Waals surface area contributed by atoms with Crippen molar-refractivity contribution in [2.75, 3.05) is 0 Å². The van der Waals surface area contributed by atoms with Crippen LogP contribution in [0, 0.1) is 0 Å². The van der Waals surface area contributed by atoms with Crippen molar-refractivity contribution in [1.82, 2.24) is 24.5 Å². The summed E-state index contributed by atoms with van der Waals surface area (Å²) in [5.74, 6) is 1.85. The molecule has 0 aliphatic carbocycles. The van der Waals surface area contributed by atoms with Crippen LogP contribution in [0.1, 0.15) is 0 Å². The number of rotatable bonds is 6. The maximum atomic E-state index is 5.16. The number of benzene rings is 7. The Morgan fingerprint density at radius 1 is 0.385 bits per heavy atom. The van der Waals surface area contributed by atoms with Crippen LogP contribution in [-0.4, -0.2) is 24.5 Å². The van der Waals surface area contributed by atoms with Gasteiger partial charge in [-0.2, -0.15) is 0 Å². The molecule has 0 aliphatic heterocycles. The van der Waals surface area contributed by atoms with Crippen molar-refractivity contribution in [3.8, 4) is 61.5 Å². The van der Waals surface area contributed by atoms with E-state index in [1.54, 1.807) is 11.3 Å². The Morgan fingerprint density at radius 3 is 1.52 bits per heavy atom. The Balaban J connectivity index is 1.18. The number of nitrogens with zero attached hydrogens (tertiary/aromatic N) is 5. The van der Waals surface area contributed by atoms with E-state index in [0.29, 0.717) is 17.5 Å². The summed E-state index contributed by atoms with van der Waals surface area (Å²) in [5.41, 5.74) is 10.4. The monoisotopic (exact) mass is 683 g/mol. The standard InChI is InChI=1S/C46H29N5S/c1-3-13-30(14-4-1)31-23-25-33(26-24-31)44-48-43(32-15-5-2-6-16-32)49-45(50-44)34-27-28-41(37(29-34)46-47-38-19-9-12-22-42(38)52-46)51-39-20-10-7-17-35(39)36-18-8-11-21-40(36)51/h1-29H. The number of para-hydroxylation sites is 3. The molecule has 10 aromatic rings. The van der Waals surface area contributed by atoms with E-state index in [9.17, 15) is 0 Å². The van der Waals surface area contributed by atoms with Gasteiger partial charge in [0.1, 0.15) is 5.01 Å². The second kappa shape index (κ2) is 12.5. The largest absolute Gasteiger partial charge is 0.309 e. The summed E-state index contributed by atoms with van der Waals surface area (Å²) >= 11 is 1.70. The summed E-state index contributed by atoms with van der Waals surface area (Å²) in [6.45, 7) is 0. The minimum Gasteiger partial charge on any atom is -0.309 e. The van der Waals surface area contributed by atoms with E-state index >= 15 is 0 Å². The molecule has 5 nitrogen and oxygen atoms in total. The lowest BCUT2D eigenvalue weighted by molar-refractivity contribution is 1.07. The molecule has 7 aromatic carbocycles. The third kappa shape index (κ3) is 5.25. The molecule has 3 aromatic heterocycles. The summed E-state index contributed by atoms with van der Waals surface area (Å²) in [7, 11) is 0. The van der Waals surface area contributed by atoms with E-state index in [1.807, 2.05) is 42.5 Å². The molecule has 0 N–H and O–H groups in total. The van der Waals surface area contributed by atoms with Crippen molar-refractivity contribution in [3.05, 3.63) is 176 Å². The molecule has 0 amide bonds. The Labute approximate surface area is 304 Å². The fraction of sp³-hybridized carbons (Fsp3) is 0. The highest BCUT2D eigenvalue weighted by Crippen LogP contribution is 2.40. The van der Waals surface area contributed by atoms with Gasteiger partial charge in [0.25, 0.3) is 0 Å². The van der Waals surface area contributed by atoms with E-state index in [-0.39, 0.29) is 0 Å². The first-order valence-electron chi connectivity index (χ1n) is 17.2. The van der Waals surface area contributed by atoms with E-state index in [1.165, 1.54) is 16.3 Å². The first kappa shape index (κ1) is 30.1. The molecule has 0 fully saturated rings. The minimum absolute atomic E-state index is 0.604. The zero-order valence-corrected chi connectivity index (χ0v) is 28.7. The highest BCUT2D eigenvalue weighted by molar-refractivity contribution is 7.21. The van der Waals surface area contributed by atoms with Crippen molar-refractivity contribution in [2.45, 2.75) is 0 Å². The van der Waals surface area contributed by atoms with Crippen LogP contribution in [0.15, 0.2) is 176 Å². The topological polar surface area (TPSA) is 56.5 Å². The van der Waals surface area contributed by atoms with Gasteiger partial charge < -0.3 is 4.57 Å². The molecular weight excluding hydrogens is 655 g/mol.